The Bertz CT molecular complexity index is 469. The summed E-state index contributed by atoms with van der Waals surface area (Å²) in [6.07, 6.45) is 8.32. The third-order valence-corrected chi connectivity index (χ3v) is 5.86. The van der Waals surface area contributed by atoms with Gasteiger partial charge in [-0.25, -0.2) is 0 Å². The van der Waals surface area contributed by atoms with Crippen molar-refractivity contribution >= 4 is 19.6 Å². The molecule has 1 aliphatic rings. The van der Waals surface area contributed by atoms with E-state index in [0.29, 0.717) is 6.79 Å². The average Bonchev–Trinajstić information content (AvgIpc) is 2.98. The molecule has 0 N–H and O–H groups in total. The predicted octanol–water partition coefficient (Wildman–Crippen LogP) is -4.91. The molecule has 3 nitrogen and oxygen atoms in total. The SMILES string of the molecule is CCCCCCCC[S+]([O-])C(C)Cc1ccc2c(c1)OCO2.[B+3].[F-].[F-].[F-]. The maximum Gasteiger partial charge on any atom is 3.00 e. The van der Waals surface area contributed by atoms with Crippen LogP contribution in [-0.2, 0) is 17.6 Å². The van der Waals surface area contributed by atoms with Crippen LogP contribution in [0.1, 0.15) is 57.9 Å². The third kappa shape index (κ3) is 9.62. The number of unbranched alkanes of at least 4 members (excludes halogenated alkanes) is 5. The van der Waals surface area contributed by atoms with E-state index < -0.39 is 11.2 Å². The predicted molar refractivity (Wildman–Crippen MR) is 97.9 cm³/mol. The van der Waals surface area contributed by atoms with Crippen molar-refractivity contribution in [2.24, 2.45) is 0 Å². The summed E-state index contributed by atoms with van der Waals surface area (Å²) in [5.74, 6) is 2.45. The molecule has 0 spiro atoms. The van der Waals surface area contributed by atoms with Gasteiger partial charge in [-0.15, -0.1) is 0 Å². The van der Waals surface area contributed by atoms with Gasteiger partial charge in [-0.3, -0.25) is 0 Å². The summed E-state index contributed by atoms with van der Waals surface area (Å²) >= 11 is -0.743. The van der Waals surface area contributed by atoms with E-state index in [-0.39, 0.29) is 27.8 Å². The number of hydrogen-bond acceptors (Lipinski definition) is 3. The van der Waals surface area contributed by atoms with Gasteiger partial charge in [0, 0.05) is 6.42 Å². The van der Waals surface area contributed by atoms with Gasteiger partial charge in [0.1, 0.15) is 11.0 Å². The molecule has 0 bridgehead atoms. The van der Waals surface area contributed by atoms with E-state index in [1.165, 1.54) is 37.7 Å². The molecule has 2 atom stereocenters. The number of benzene rings is 1. The van der Waals surface area contributed by atoms with Crippen LogP contribution in [0, 0.1) is 0 Å². The Morgan fingerprint density at radius 2 is 1.62 bits per heavy atom. The summed E-state index contributed by atoms with van der Waals surface area (Å²) in [5.41, 5.74) is 1.17. The van der Waals surface area contributed by atoms with E-state index in [4.69, 9.17) is 9.47 Å². The molecule has 0 aromatic heterocycles. The normalized spacial score (nSPS) is 13.3. The first-order chi connectivity index (χ1) is 10.7. The molecule has 2 rings (SSSR count). The van der Waals surface area contributed by atoms with E-state index in [1.54, 1.807) is 0 Å². The molecular formula is C18H28BF3O3S. The van der Waals surface area contributed by atoms with Crippen molar-refractivity contribution in [2.75, 3.05) is 12.5 Å². The first kappa shape index (κ1) is 29.7. The van der Waals surface area contributed by atoms with Crippen LogP contribution in [0.4, 0.5) is 0 Å². The summed E-state index contributed by atoms with van der Waals surface area (Å²) in [6, 6.07) is 6.01. The number of rotatable bonds is 10. The van der Waals surface area contributed by atoms with Crippen molar-refractivity contribution in [3.63, 3.8) is 0 Å². The molecule has 0 saturated heterocycles. The van der Waals surface area contributed by atoms with E-state index in [1.807, 2.05) is 18.2 Å². The fourth-order valence-corrected chi connectivity index (χ4v) is 3.99. The molecule has 2 unspecified atom stereocenters. The Morgan fingerprint density at radius 3 is 2.31 bits per heavy atom. The van der Waals surface area contributed by atoms with Crippen molar-refractivity contribution in [1.82, 2.24) is 0 Å². The van der Waals surface area contributed by atoms with Crippen LogP contribution in [0.2, 0.25) is 0 Å². The van der Waals surface area contributed by atoms with E-state index in [2.05, 4.69) is 13.8 Å². The van der Waals surface area contributed by atoms with Crippen molar-refractivity contribution < 1.29 is 28.1 Å². The van der Waals surface area contributed by atoms with Crippen molar-refractivity contribution in [2.45, 2.75) is 64.0 Å². The zero-order valence-electron chi connectivity index (χ0n) is 15.5. The van der Waals surface area contributed by atoms with Gasteiger partial charge in [0.25, 0.3) is 0 Å². The van der Waals surface area contributed by atoms with Crippen molar-refractivity contribution in [3.8, 4) is 11.5 Å². The second-order valence-electron chi connectivity index (χ2n) is 6.05. The third-order valence-electron chi connectivity index (χ3n) is 4.11. The van der Waals surface area contributed by atoms with E-state index >= 15 is 0 Å². The standard InChI is InChI=1S/C18H28O3S.B.3FH/c1-3-4-5-6-7-8-11-22(19)15(2)12-16-9-10-17-18(13-16)21-14-20-17;;;;/h9-10,13,15H,3-8,11-12,14H2,1-2H3;;3*1H/q;+3;;;/p-3. The van der Waals surface area contributed by atoms with Crippen LogP contribution >= 0.6 is 0 Å². The maximum absolute atomic E-state index is 12.3. The molecule has 1 aliphatic heterocycles. The second-order valence-corrected chi connectivity index (χ2v) is 8.03. The van der Waals surface area contributed by atoms with Crippen molar-refractivity contribution in [3.05, 3.63) is 23.8 Å². The summed E-state index contributed by atoms with van der Waals surface area (Å²) in [5, 5.41) is 0.191. The van der Waals surface area contributed by atoms with Crippen LogP contribution in [0.15, 0.2) is 18.2 Å². The summed E-state index contributed by atoms with van der Waals surface area (Å²) in [4.78, 5) is 0. The molecule has 0 radical (unpaired) electrons. The molecule has 1 aromatic rings. The zero-order valence-corrected chi connectivity index (χ0v) is 16.3. The summed E-state index contributed by atoms with van der Waals surface area (Å²) < 4.78 is 23.0. The molecule has 0 amide bonds. The van der Waals surface area contributed by atoms with Crippen molar-refractivity contribution in [1.29, 1.82) is 0 Å². The van der Waals surface area contributed by atoms with Gasteiger partial charge >= 0.3 is 8.41 Å². The smallest absolute Gasteiger partial charge is 1.00 e. The Kier molecular flexibility index (Phi) is 18.5. The molecule has 26 heavy (non-hydrogen) atoms. The first-order valence-corrected chi connectivity index (χ1v) is 9.84. The number of fused-ring (bicyclic) bond motifs is 1. The number of ether oxygens (including phenoxy) is 2. The summed E-state index contributed by atoms with van der Waals surface area (Å²) in [6.45, 7) is 4.61. The zero-order chi connectivity index (χ0) is 15.8. The molecule has 0 fully saturated rings. The van der Waals surface area contributed by atoms with Gasteiger partial charge in [-0.05, 0) is 37.5 Å². The molecule has 8 heteroatoms. The Labute approximate surface area is 160 Å². The number of hydrogen-bond donors (Lipinski definition) is 0. The minimum Gasteiger partial charge on any atom is -1.00 e. The Balaban J connectivity index is -0.00000132. The van der Waals surface area contributed by atoms with Crippen LogP contribution < -0.4 is 23.6 Å². The fraction of sp³-hybridized carbons (Fsp3) is 0.667. The van der Waals surface area contributed by atoms with Gasteiger partial charge in [0.2, 0.25) is 6.79 Å². The molecule has 0 saturated carbocycles. The average molecular weight is 392 g/mol. The molecule has 0 aliphatic carbocycles. The fourth-order valence-electron chi connectivity index (χ4n) is 2.72. The largest absolute Gasteiger partial charge is 3.00 e. The van der Waals surface area contributed by atoms with Crippen LogP contribution in [-0.4, -0.2) is 30.8 Å². The quantitative estimate of drug-likeness (QED) is 0.228. The Morgan fingerprint density at radius 1 is 1.00 bits per heavy atom. The molecule has 1 aromatic carbocycles. The first-order valence-electron chi connectivity index (χ1n) is 8.46. The van der Waals surface area contributed by atoms with Gasteiger partial charge in [-0.2, -0.15) is 0 Å². The van der Waals surface area contributed by atoms with Gasteiger partial charge in [-0.1, -0.05) is 49.8 Å². The topological polar surface area (TPSA) is 41.5 Å². The molecule has 1 heterocycles. The van der Waals surface area contributed by atoms with Crippen LogP contribution in [0.25, 0.3) is 0 Å². The maximum atomic E-state index is 12.3. The van der Waals surface area contributed by atoms with E-state index in [0.717, 1.165) is 30.1 Å². The summed E-state index contributed by atoms with van der Waals surface area (Å²) in [7, 11) is 0. The van der Waals surface area contributed by atoms with Crippen LogP contribution in [0.3, 0.4) is 0 Å². The van der Waals surface area contributed by atoms with Gasteiger partial charge < -0.3 is 28.1 Å². The monoisotopic (exact) mass is 392 g/mol. The molecule has 148 valence electrons. The van der Waals surface area contributed by atoms with Crippen LogP contribution in [0.5, 0.6) is 11.5 Å². The Hall–Kier alpha value is -1.02. The molecular weight excluding hydrogens is 364 g/mol. The number of halogens is 3. The second kappa shape index (κ2) is 16.2. The minimum absolute atomic E-state index is 0. The van der Waals surface area contributed by atoms with Gasteiger partial charge in [0.15, 0.2) is 11.5 Å². The minimum atomic E-state index is -0.743. The van der Waals surface area contributed by atoms with Gasteiger partial charge in [0.05, 0.1) is 0 Å². The van der Waals surface area contributed by atoms with E-state index in [9.17, 15) is 4.55 Å².